The second kappa shape index (κ2) is 12.9. The van der Waals surface area contributed by atoms with Gasteiger partial charge in [0.15, 0.2) is 17.5 Å². The van der Waals surface area contributed by atoms with Gasteiger partial charge in [0.1, 0.15) is 11.2 Å². The van der Waals surface area contributed by atoms with Gasteiger partial charge in [-0.15, -0.1) is 0 Å². The Morgan fingerprint density at radius 1 is 0.321 bits per heavy atom. The lowest BCUT2D eigenvalue weighted by Crippen LogP contribution is -2.28. The van der Waals surface area contributed by atoms with Gasteiger partial charge in [-0.3, -0.25) is 0 Å². The van der Waals surface area contributed by atoms with E-state index in [4.69, 9.17) is 19.4 Å². The molecule has 262 valence electrons. The van der Waals surface area contributed by atoms with Crippen molar-refractivity contribution in [3.8, 4) is 56.4 Å². The van der Waals surface area contributed by atoms with Gasteiger partial charge in [-0.25, -0.2) is 15.0 Å². The molecule has 2 heterocycles. The third-order valence-corrected chi connectivity index (χ3v) is 11.2. The first-order chi connectivity index (χ1) is 27.7. The molecule has 0 amide bonds. The van der Waals surface area contributed by atoms with Crippen molar-refractivity contribution >= 4 is 21.9 Å². The lowest BCUT2D eigenvalue weighted by Gasteiger charge is -2.33. The number of para-hydroxylation sites is 1. The standard InChI is InChI=1S/C52H33N3O/c1-4-14-35(15-5-1)49-53-50(36-26-24-34(25-27-36)37-28-30-43-42-21-11-13-23-47(42)56-48(43)33-37)55-51(54-49)38-29-31-46-44(32-38)41-20-10-12-22-45(41)52(46,39-16-6-2-7-17-39)40-18-8-3-9-19-40/h1-33H. The minimum Gasteiger partial charge on any atom is -0.456 e. The summed E-state index contributed by atoms with van der Waals surface area (Å²) in [5.41, 5.74) is 13.7. The first-order valence-corrected chi connectivity index (χ1v) is 18.9. The zero-order valence-corrected chi connectivity index (χ0v) is 30.3. The minimum atomic E-state index is -0.469. The normalized spacial score (nSPS) is 12.8. The average molecular weight is 716 g/mol. The Morgan fingerprint density at radius 3 is 1.54 bits per heavy atom. The lowest BCUT2D eigenvalue weighted by molar-refractivity contribution is 0.669. The van der Waals surface area contributed by atoms with Crippen molar-refractivity contribution in [2.45, 2.75) is 5.41 Å². The van der Waals surface area contributed by atoms with Crippen LogP contribution in [0.3, 0.4) is 0 Å². The van der Waals surface area contributed by atoms with Gasteiger partial charge in [-0.2, -0.15) is 0 Å². The maximum Gasteiger partial charge on any atom is 0.164 e. The van der Waals surface area contributed by atoms with Crippen LogP contribution in [0.4, 0.5) is 0 Å². The number of hydrogen-bond acceptors (Lipinski definition) is 4. The van der Waals surface area contributed by atoms with Gasteiger partial charge in [0.2, 0.25) is 0 Å². The molecule has 10 aromatic rings. The Morgan fingerprint density at radius 2 is 0.821 bits per heavy atom. The zero-order valence-electron chi connectivity index (χ0n) is 30.3. The van der Waals surface area contributed by atoms with Gasteiger partial charge in [-0.1, -0.05) is 176 Å². The van der Waals surface area contributed by atoms with Crippen molar-refractivity contribution in [2.75, 3.05) is 0 Å². The molecule has 0 N–H and O–H groups in total. The highest BCUT2D eigenvalue weighted by Crippen LogP contribution is 2.56. The summed E-state index contributed by atoms with van der Waals surface area (Å²) in [5.74, 6) is 1.89. The second-order valence-corrected chi connectivity index (χ2v) is 14.3. The first-order valence-electron chi connectivity index (χ1n) is 18.9. The predicted octanol–water partition coefficient (Wildman–Crippen LogP) is 12.8. The predicted molar refractivity (Wildman–Crippen MR) is 226 cm³/mol. The van der Waals surface area contributed by atoms with Crippen LogP contribution in [0.5, 0.6) is 0 Å². The van der Waals surface area contributed by atoms with Crippen LogP contribution in [0.1, 0.15) is 22.3 Å². The fourth-order valence-electron chi connectivity index (χ4n) is 8.66. The molecule has 0 spiro atoms. The summed E-state index contributed by atoms with van der Waals surface area (Å²) < 4.78 is 6.19. The zero-order chi connectivity index (χ0) is 37.1. The maximum absolute atomic E-state index is 6.19. The van der Waals surface area contributed by atoms with E-state index in [0.717, 1.165) is 49.8 Å². The van der Waals surface area contributed by atoms with Crippen LogP contribution < -0.4 is 0 Å². The van der Waals surface area contributed by atoms with E-state index >= 15 is 0 Å². The Hall–Kier alpha value is -7.43. The SMILES string of the molecule is c1ccc(-c2nc(-c3ccc(-c4ccc5c(c4)oc4ccccc45)cc3)nc(-c3ccc4c(c3)-c3ccccc3C4(c3ccccc3)c3ccccc3)n2)cc1. The summed E-state index contributed by atoms with van der Waals surface area (Å²) in [4.78, 5) is 15.3. The Balaban J connectivity index is 1.04. The summed E-state index contributed by atoms with van der Waals surface area (Å²) in [6, 6.07) is 70.5. The molecule has 0 fully saturated rings. The summed E-state index contributed by atoms with van der Waals surface area (Å²) >= 11 is 0. The van der Waals surface area contributed by atoms with Crippen molar-refractivity contribution in [2.24, 2.45) is 0 Å². The molecule has 1 aliphatic rings. The van der Waals surface area contributed by atoms with E-state index in [1.54, 1.807) is 0 Å². The van der Waals surface area contributed by atoms with Crippen molar-refractivity contribution in [1.82, 2.24) is 15.0 Å². The van der Waals surface area contributed by atoms with Crippen LogP contribution in [0.15, 0.2) is 205 Å². The van der Waals surface area contributed by atoms with Gasteiger partial charge >= 0.3 is 0 Å². The molecule has 0 bridgehead atoms. The fraction of sp³-hybridized carbons (Fsp3) is 0.0192. The molecule has 0 aliphatic heterocycles. The van der Waals surface area contributed by atoms with Crippen LogP contribution in [0, 0.1) is 0 Å². The number of benzene rings is 8. The minimum absolute atomic E-state index is 0.469. The van der Waals surface area contributed by atoms with Gasteiger partial charge in [0.25, 0.3) is 0 Å². The Bertz CT molecular complexity index is 3020. The number of aromatic nitrogens is 3. The molecule has 4 nitrogen and oxygen atoms in total. The number of rotatable bonds is 6. The molecule has 56 heavy (non-hydrogen) atoms. The maximum atomic E-state index is 6.19. The van der Waals surface area contributed by atoms with Crippen LogP contribution in [0.25, 0.3) is 78.4 Å². The summed E-state index contributed by atoms with van der Waals surface area (Å²) in [6.45, 7) is 0. The van der Waals surface area contributed by atoms with Crippen LogP contribution in [-0.2, 0) is 5.41 Å². The van der Waals surface area contributed by atoms with E-state index in [-0.39, 0.29) is 0 Å². The molecule has 4 heteroatoms. The summed E-state index contributed by atoms with van der Waals surface area (Å²) in [5, 5.41) is 2.25. The number of hydrogen-bond donors (Lipinski definition) is 0. The van der Waals surface area contributed by atoms with Gasteiger partial charge in [0, 0.05) is 27.5 Å². The molecule has 1 aliphatic carbocycles. The van der Waals surface area contributed by atoms with Crippen molar-refractivity contribution in [1.29, 1.82) is 0 Å². The lowest BCUT2D eigenvalue weighted by atomic mass is 9.67. The average Bonchev–Trinajstić information content (AvgIpc) is 3.80. The first kappa shape index (κ1) is 32.0. The largest absolute Gasteiger partial charge is 0.456 e. The highest BCUT2D eigenvalue weighted by atomic mass is 16.3. The van der Waals surface area contributed by atoms with Gasteiger partial charge in [-0.05, 0) is 68.8 Å². The highest BCUT2D eigenvalue weighted by Gasteiger charge is 2.46. The number of furan rings is 1. The molecule has 0 unspecified atom stereocenters. The van der Waals surface area contributed by atoms with E-state index < -0.39 is 5.41 Å². The van der Waals surface area contributed by atoms with Crippen LogP contribution >= 0.6 is 0 Å². The number of nitrogens with zero attached hydrogens (tertiary/aromatic N) is 3. The Labute approximate surface area is 324 Å². The molecule has 2 aromatic heterocycles. The number of fused-ring (bicyclic) bond motifs is 6. The molecular weight excluding hydrogens is 683 g/mol. The molecule has 11 rings (SSSR count). The topological polar surface area (TPSA) is 51.8 Å². The highest BCUT2D eigenvalue weighted by molar-refractivity contribution is 6.05. The smallest absolute Gasteiger partial charge is 0.164 e. The van der Waals surface area contributed by atoms with Crippen LogP contribution in [0.2, 0.25) is 0 Å². The third kappa shape index (κ3) is 5.04. The molecule has 0 radical (unpaired) electrons. The van der Waals surface area contributed by atoms with E-state index in [1.165, 1.54) is 33.4 Å². The van der Waals surface area contributed by atoms with Crippen molar-refractivity contribution in [3.05, 3.63) is 222 Å². The fourth-order valence-corrected chi connectivity index (χ4v) is 8.66. The monoisotopic (exact) mass is 715 g/mol. The molecule has 8 aromatic carbocycles. The van der Waals surface area contributed by atoms with E-state index in [1.807, 2.05) is 48.5 Å². The van der Waals surface area contributed by atoms with Crippen molar-refractivity contribution in [3.63, 3.8) is 0 Å². The van der Waals surface area contributed by atoms with E-state index in [0.29, 0.717) is 17.5 Å². The third-order valence-electron chi connectivity index (χ3n) is 11.2. The van der Waals surface area contributed by atoms with Gasteiger partial charge in [0.05, 0.1) is 5.41 Å². The summed E-state index contributed by atoms with van der Waals surface area (Å²) in [6.07, 6.45) is 0. The quantitative estimate of drug-likeness (QED) is 0.172. The molecule has 0 atom stereocenters. The molecule has 0 saturated carbocycles. The van der Waals surface area contributed by atoms with Crippen LogP contribution in [-0.4, -0.2) is 15.0 Å². The Kier molecular flexibility index (Phi) is 7.36. The second-order valence-electron chi connectivity index (χ2n) is 14.3. The molecular formula is C52H33N3O. The van der Waals surface area contributed by atoms with Gasteiger partial charge < -0.3 is 4.42 Å². The molecule has 0 saturated heterocycles. The summed E-state index contributed by atoms with van der Waals surface area (Å²) in [7, 11) is 0. The van der Waals surface area contributed by atoms with E-state index in [2.05, 4.69) is 152 Å². The van der Waals surface area contributed by atoms with Crippen molar-refractivity contribution < 1.29 is 4.42 Å². The van der Waals surface area contributed by atoms with E-state index in [9.17, 15) is 0 Å².